The predicted octanol–water partition coefficient (Wildman–Crippen LogP) is 4.85. The van der Waals surface area contributed by atoms with E-state index in [1.54, 1.807) is 28.9 Å². The van der Waals surface area contributed by atoms with Gasteiger partial charge in [-0.3, -0.25) is 0 Å². The molecule has 6 heteroatoms. The van der Waals surface area contributed by atoms with Crippen LogP contribution in [0.3, 0.4) is 0 Å². The number of aryl methyl sites for hydroxylation is 2. The van der Waals surface area contributed by atoms with Crippen molar-refractivity contribution in [3.8, 4) is 23.1 Å². The number of hydrogen-bond donors (Lipinski definition) is 0. The topological polar surface area (TPSA) is 62.6 Å². The molecular weight excluding hydrogens is 368 g/mol. The van der Waals surface area contributed by atoms with Gasteiger partial charge in [0.05, 0.1) is 31.2 Å². The molecule has 0 radical (unpaired) electrons. The highest BCUT2D eigenvalue weighted by Crippen LogP contribution is 2.28. The quantitative estimate of drug-likeness (QED) is 0.559. The van der Waals surface area contributed by atoms with Crippen molar-refractivity contribution >= 4 is 5.97 Å². The number of methoxy groups -OCH3 is 2. The lowest BCUT2D eigenvalue weighted by atomic mass is 10.1. The van der Waals surface area contributed by atoms with Crippen LogP contribution in [0.2, 0.25) is 0 Å². The molecular formula is C23H26N2O4. The van der Waals surface area contributed by atoms with Crippen molar-refractivity contribution in [1.29, 1.82) is 0 Å². The third-order valence-corrected chi connectivity index (χ3v) is 4.65. The molecule has 0 saturated heterocycles. The van der Waals surface area contributed by atoms with Crippen molar-refractivity contribution in [3.63, 3.8) is 0 Å². The number of carbonyl (C=O) groups excluding carboxylic acids is 1. The van der Waals surface area contributed by atoms with Gasteiger partial charge in [-0.15, -0.1) is 0 Å². The molecule has 0 amide bonds. The summed E-state index contributed by atoms with van der Waals surface area (Å²) in [5.74, 6) is 1.08. The number of carbonyl (C=O) groups is 1. The minimum Gasteiger partial charge on any atom is -0.497 e. The van der Waals surface area contributed by atoms with Crippen LogP contribution in [0, 0.1) is 13.8 Å². The van der Waals surface area contributed by atoms with E-state index in [0.717, 1.165) is 22.5 Å². The fraction of sp³-hybridized carbons (Fsp3) is 0.304. The van der Waals surface area contributed by atoms with Crippen LogP contribution in [0.25, 0.3) is 5.69 Å². The molecule has 3 aromatic rings. The zero-order chi connectivity index (χ0) is 21.1. The summed E-state index contributed by atoms with van der Waals surface area (Å²) in [7, 11) is 3.07. The molecule has 6 nitrogen and oxygen atoms in total. The molecule has 1 heterocycles. The first-order valence-corrected chi connectivity index (χ1v) is 9.45. The summed E-state index contributed by atoms with van der Waals surface area (Å²) in [4.78, 5) is 12.9. The first-order chi connectivity index (χ1) is 13.8. The van der Waals surface area contributed by atoms with Crippen LogP contribution >= 0.6 is 0 Å². The summed E-state index contributed by atoms with van der Waals surface area (Å²) in [6, 6.07) is 12.8. The molecule has 0 aliphatic heterocycles. The van der Waals surface area contributed by atoms with Gasteiger partial charge >= 0.3 is 5.97 Å². The fourth-order valence-corrected chi connectivity index (χ4v) is 3.03. The van der Waals surface area contributed by atoms with E-state index in [2.05, 4.69) is 11.2 Å². The predicted molar refractivity (Wildman–Crippen MR) is 112 cm³/mol. The number of esters is 1. The Balaban J connectivity index is 2.01. The Labute approximate surface area is 171 Å². The first-order valence-electron chi connectivity index (χ1n) is 9.45. The minimum atomic E-state index is -0.511. The Morgan fingerprint density at radius 3 is 2.17 bits per heavy atom. The van der Waals surface area contributed by atoms with E-state index < -0.39 is 5.97 Å². The van der Waals surface area contributed by atoms with E-state index in [-0.39, 0.29) is 5.92 Å². The number of rotatable bonds is 6. The smallest absolute Gasteiger partial charge is 0.345 e. The second-order valence-electron chi connectivity index (χ2n) is 7.25. The summed E-state index contributed by atoms with van der Waals surface area (Å²) in [5, 5.41) is 4.67. The van der Waals surface area contributed by atoms with E-state index in [1.165, 1.54) is 14.2 Å². The second-order valence-corrected chi connectivity index (χ2v) is 7.25. The fourth-order valence-electron chi connectivity index (χ4n) is 3.03. The lowest BCUT2D eigenvalue weighted by molar-refractivity contribution is 0.0722. The second kappa shape index (κ2) is 8.39. The third kappa shape index (κ3) is 4.42. The molecule has 152 valence electrons. The highest BCUT2D eigenvalue weighted by atomic mass is 16.5. The van der Waals surface area contributed by atoms with Crippen LogP contribution < -0.4 is 14.2 Å². The summed E-state index contributed by atoms with van der Waals surface area (Å²) in [6.45, 7) is 8.15. The molecule has 29 heavy (non-hydrogen) atoms. The number of nitrogens with zero attached hydrogens (tertiary/aromatic N) is 2. The van der Waals surface area contributed by atoms with Crippen molar-refractivity contribution in [2.24, 2.45) is 0 Å². The Morgan fingerprint density at radius 2 is 1.62 bits per heavy atom. The molecule has 1 aromatic heterocycles. The van der Waals surface area contributed by atoms with Gasteiger partial charge in [-0.05, 0) is 43.5 Å². The van der Waals surface area contributed by atoms with Gasteiger partial charge in [0.15, 0.2) is 0 Å². The highest BCUT2D eigenvalue weighted by Gasteiger charge is 2.19. The maximum atomic E-state index is 12.9. The Hall–Kier alpha value is -3.28. The molecule has 0 unspecified atom stereocenters. The zero-order valence-corrected chi connectivity index (χ0v) is 17.6. The van der Waals surface area contributed by atoms with Crippen LogP contribution in [0.5, 0.6) is 17.4 Å². The Morgan fingerprint density at radius 1 is 0.966 bits per heavy atom. The van der Waals surface area contributed by atoms with Crippen molar-refractivity contribution in [2.45, 2.75) is 33.6 Å². The van der Waals surface area contributed by atoms with Gasteiger partial charge in [-0.1, -0.05) is 31.5 Å². The molecule has 0 fully saturated rings. The molecule has 0 bridgehead atoms. The molecule has 2 aromatic carbocycles. The van der Waals surface area contributed by atoms with Gasteiger partial charge in [0.25, 0.3) is 0 Å². The maximum absolute atomic E-state index is 12.9. The normalized spacial score (nSPS) is 10.9. The zero-order valence-electron chi connectivity index (χ0n) is 17.6. The van der Waals surface area contributed by atoms with Crippen LogP contribution in [-0.2, 0) is 0 Å². The minimum absolute atomic E-state index is 0.191. The summed E-state index contributed by atoms with van der Waals surface area (Å²) < 4.78 is 17.9. The van der Waals surface area contributed by atoms with Crippen LogP contribution in [0.15, 0.2) is 42.5 Å². The van der Waals surface area contributed by atoms with Crippen molar-refractivity contribution in [1.82, 2.24) is 9.78 Å². The van der Waals surface area contributed by atoms with Crippen molar-refractivity contribution in [2.75, 3.05) is 14.2 Å². The van der Waals surface area contributed by atoms with Gasteiger partial charge in [-0.25, -0.2) is 9.48 Å². The summed E-state index contributed by atoms with van der Waals surface area (Å²) in [6.07, 6.45) is 0. The lowest BCUT2D eigenvalue weighted by Crippen LogP contribution is -2.12. The first kappa shape index (κ1) is 20.5. The van der Waals surface area contributed by atoms with E-state index in [0.29, 0.717) is 22.9 Å². The largest absolute Gasteiger partial charge is 0.497 e. The van der Waals surface area contributed by atoms with Crippen molar-refractivity contribution in [3.05, 3.63) is 64.8 Å². The van der Waals surface area contributed by atoms with Gasteiger partial charge in [-0.2, -0.15) is 5.10 Å². The SMILES string of the molecule is COc1cc(OC)cc(C(=O)Oc2cc(C(C)C)nn2-c2ccc(C)cc2C)c1. The van der Waals surface area contributed by atoms with Gasteiger partial charge < -0.3 is 14.2 Å². The molecule has 0 spiro atoms. The van der Waals surface area contributed by atoms with Crippen LogP contribution in [0.4, 0.5) is 0 Å². The highest BCUT2D eigenvalue weighted by molar-refractivity contribution is 5.92. The number of hydrogen-bond acceptors (Lipinski definition) is 5. The molecule has 3 rings (SSSR count). The summed E-state index contributed by atoms with van der Waals surface area (Å²) >= 11 is 0. The van der Waals surface area contributed by atoms with E-state index >= 15 is 0 Å². The van der Waals surface area contributed by atoms with Crippen LogP contribution in [0.1, 0.15) is 46.9 Å². The average Bonchev–Trinajstić information content (AvgIpc) is 3.11. The number of ether oxygens (including phenoxy) is 3. The summed E-state index contributed by atoms with van der Waals surface area (Å²) in [5.41, 5.74) is 4.25. The van der Waals surface area contributed by atoms with E-state index in [4.69, 9.17) is 14.2 Å². The van der Waals surface area contributed by atoms with Gasteiger partial charge in [0.2, 0.25) is 5.88 Å². The molecule has 0 N–H and O–H groups in total. The lowest BCUT2D eigenvalue weighted by Gasteiger charge is -2.12. The molecule has 0 atom stereocenters. The maximum Gasteiger partial charge on any atom is 0.345 e. The third-order valence-electron chi connectivity index (χ3n) is 4.65. The van der Waals surface area contributed by atoms with Crippen LogP contribution in [-0.4, -0.2) is 30.0 Å². The average molecular weight is 394 g/mol. The van der Waals surface area contributed by atoms with E-state index in [1.807, 2.05) is 39.8 Å². The molecule has 0 saturated carbocycles. The van der Waals surface area contributed by atoms with Gasteiger partial charge in [0, 0.05) is 12.1 Å². The standard InChI is InChI=1S/C23H26N2O4/c1-14(2)20-13-22(25(24-20)21-8-7-15(3)9-16(21)4)29-23(26)17-10-18(27-5)12-19(11-17)28-6/h7-14H,1-6H3. The Kier molecular flexibility index (Phi) is 5.92. The number of aromatic nitrogens is 2. The molecule has 0 aliphatic rings. The van der Waals surface area contributed by atoms with Gasteiger partial charge in [0.1, 0.15) is 11.5 Å². The van der Waals surface area contributed by atoms with Crippen molar-refractivity contribution < 1.29 is 19.0 Å². The monoisotopic (exact) mass is 394 g/mol. The number of benzene rings is 2. The Bertz CT molecular complexity index is 1020. The molecule has 0 aliphatic carbocycles. The van der Waals surface area contributed by atoms with E-state index in [9.17, 15) is 4.79 Å².